The van der Waals surface area contributed by atoms with Gasteiger partial charge < -0.3 is 0 Å². The summed E-state index contributed by atoms with van der Waals surface area (Å²) in [7, 11) is 0. The molecule has 2 aromatic rings. The Hall–Kier alpha value is -1.53. The molecule has 2 nitrogen and oxygen atoms in total. The van der Waals surface area contributed by atoms with Gasteiger partial charge >= 0.3 is 97.4 Å². The predicted octanol–water partition coefficient (Wildman–Crippen LogP) is 2.33. The molecule has 0 saturated heterocycles. The fraction of sp³-hybridized carbons (Fsp3) is 0. The van der Waals surface area contributed by atoms with E-state index in [2.05, 4.69) is 16.2 Å². The summed E-state index contributed by atoms with van der Waals surface area (Å²) in [5.41, 5.74) is 1.26. The second-order valence-electron chi connectivity index (χ2n) is 2.97. The van der Waals surface area contributed by atoms with Crippen molar-refractivity contribution < 1.29 is 0 Å². The van der Waals surface area contributed by atoms with Crippen molar-refractivity contribution in [1.82, 2.24) is 0 Å². The molecule has 0 amide bonds. The molecule has 15 heavy (non-hydrogen) atoms. The molecule has 1 aromatic heterocycles. The van der Waals surface area contributed by atoms with Crippen LogP contribution >= 0.6 is 0 Å². The van der Waals surface area contributed by atoms with Gasteiger partial charge in [-0.3, -0.25) is 0 Å². The summed E-state index contributed by atoms with van der Waals surface area (Å²) in [6, 6.07) is 12.0. The molecule has 0 aliphatic carbocycles. The first kappa shape index (κ1) is 10.0. The molecule has 0 atom stereocenters. The molecule has 0 N–H and O–H groups in total. The molecule has 3 heteroatoms. The summed E-state index contributed by atoms with van der Waals surface area (Å²) < 4.78 is 3.62. The summed E-state index contributed by atoms with van der Waals surface area (Å²) in [5.74, 6) is 0. The Bertz CT molecular complexity index is 608. The second kappa shape index (κ2) is 4.33. The summed E-state index contributed by atoms with van der Waals surface area (Å²) in [4.78, 5) is 0. The van der Waals surface area contributed by atoms with Gasteiger partial charge in [0, 0.05) is 0 Å². The Balaban J connectivity index is 2.58. The van der Waals surface area contributed by atoms with Gasteiger partial charge in [0.15, 0.2) is 0 Å². The minimum atomic E-state index is -0.140. The van der Waals surface area contributed by atoms with Crippen LogP contribution < -0.4 is 0 Å². The first-order valence-corrected chi connectivity index (χ1v) is 6.84. The van der Waals surface area contributed by atoms with E-state index in [0.29, 0.717) is 5.57 Å². The molecule has 2 rings (SSSR count). The number of hydrogen-bond acceptors (Lipinski definition) is 2. The zero-order chi connectivity index (χ0) is 10.7. The number of hydrogen-bond donors (Lipinski definition) is 0. The number of rotatable bonds is 1. The molecule has 0 aliphatic rings. The SMILES string of the molecule is N#C/C=C(\C#N)c1ccc2[te]ccc2c1. The molecule has 70 valence electrons. The van der Waals surface area contributed by atoms with Crippen molar-refractivity contribution in [3.05, 3.63) is 40.0 Å². The molecule has 0 aliphatic heterocycles. The molecular weight excluding hydrogens is 300 g/mol. The van der Waals surface area contributed by atoms with Crippen molar-refractivity contribution in [2.45, 2.75) is 0 Å². The third kappa shape index (κ3) is 1.95. The minimum absolute atomic E-state index is 0.140. The van der Waals surface area contributed by atoms with E-state index >= 15 is 0 Å². The predicted molar refractivity (Wildman–Crippen MR) is 60.1 cm³/mol. The van der Waals surface area contributed by atoms with E-state index in [9.17, 15) is 0 Å². The Morgan fingerprint density at radius 1 is 1.27 bits per heavy atom. The van der Waals surface area contributed by atoms with Gasteiger partial charge in [-0.1, -0.05) is 0 Å². The maximum atomic E-state index is 8.88. The number of nitrogens with zero attached hydrogens (tertiary/aromatic N) is 2. The van der Waals surface area contributed by atoms with E-state index in [4.69, 9.17) is 10.5 Å². The van der Waals surface area contributed by atoms with Crippen LogP contribution in [0.15, 0.2) is 34.4 Å². The quantitative estimate of drug-likeness (QED) is 0.600. The van der Waals surface area contributed by atoms with Gasteiger partial charge in [0.25, 0.3) is 0 Å². The van der Waals surface area contributed by atoms with Crippen molar-refractivity contribution >= 4 is 34.8 Å². The van der Waals surface area contributed by atoms with E-state index in [1.54, 1.807) is 0 Å². The average molecular weight is 306 g/mol. The molecule has 0 bridgehead atoms. The summed E-state index contributed by atoms with van der Waals surface area (Å²) >= 11 is -0.140. The van der Waals surface area contributed by atoms with Crippen molar-refractivity contribution in [1.29, 1.82) is 10.5 Å². The van der Waals surface area contributed by atoms with E-state index < -0.39 is 0 Å². The maximum absolute atomic E-state index is 8.88. The molecule has 0 spiro atoms. The van der Waals surface area contributed by atoms with Gasteiger partial charge in [0.2, 0.25) is 0 Å². The van der Waals surface area contributed by atoms with Crippen molar-refractivity contribution in [2.24, 2.45) is 0 Å². The van der Waals surface area contributed by atoms with Crippen LogP contribution in [0.1, 0.15) is 5.56 Å². The monoisotopic (exact) mass is 308 g/mol. The van der Waals surface area contributed by atoms with E-state index in [1.807, 2.05) is 24.3 Å². The number of nitriles is 2. The topological polar surface area (TPSA) is 47.6 Å². The van der Waals surface area contributed by atoms with Crippen molar-refractivity contribution in [3.8, 4) is 12.1 Å². The van der Waals surface area contributed by atoms with Gasteiger partial charge in [0.05, 0.1) is 0 Å². The third-order valence-electron chi connectivity index (χ3n) is 2.09. The molecule has 0 fully saturated rings. The van der Waals surface area contributed by atoms with Crippen molar-refractivity contribution in [3.63, 3.8) is 0 Å². The average Bonchev–Trinajstić information content (AvgIpc) is 2.72. The van der Waals surface area contributed by atoms with Crippen molar-refractivity contribution in [2.75, 3.05) is 0 Å². The van der Waals surface area contributed by atoms with Crippen LogP contribution in [0.5, 0.6) is 0 Å². The number of fused-ring (bicyclic) bond motifs is 1. The number of allylic oxidation sites excluding steroid dienone is 2. The van der Waals surface area contributed by atoms with Gasteiger partial charge in [-0.15, -0.1) is 0 Å². The van der Waals surface area contributed by atoms with Crippen LogP contribution in [0.25, 0.3) is 14.4 Å². The molecule has 0 radical (unpaired) electrons. The van der Waals surface area contributed by atoms with Crippen LogP contribution in [0.4, 0.5) is 0 Å². The van der Waals surface area contributed by atoms with Crippen LogP contribution in [0.2, 0.25) is 0 Å². The van der Waals surface area contributed by atoms with E-state index in [0.717, 1.165) is 5.56 Å². The first-order valence-electron chi connectivity index (χ1n) is 4.32. The summed E-state index contributed by atoms with van der Waals surface area (Å²) in [6.45, 7) is 0. The Morgan fingerprint density at radius 3 is 2.87 bits per heavy atom. The van der Waals surface area contributed by atoms with Gasteiger partial charge in [0.1, 0.15) is 0 Å². The van der Waals surface area contributed by atoms with Gasteiger partial charge in [-0.25, -0.2) is 0 Å². The zero-order valence-electron chi connectivity index (χ0n) is 7.77. The Labute approximate surface area is 97.3 Å². The van der Waals surface area contributed by atoms with Crippen LogP contribution in [-0.4, -0.2) is 20.4 Å². The van der Waals surface area contributed by atoms with Crippen LogP contribution in [-0.2, 0) is 0 Å². The van der Waals surface area contributed by atoms with Gasteiger partial charge in [-0.2, -0.15) is 0 Å². The van der Waals surface area contributed by atoms with Gasteiger partial charge in [-0.05, 0) is 0 Å². The second-order valence-corrected chi connectivity index (χ2v) is 5.68. The molecular formula is C12H6N2Te. The van der Waals surface area contributed by atoms with E-state index in [-0.39, 0.29) is 20.4 Å². The normalized spacial score (nSPS) is 10.9. The Kier molecular flexibility index (Phi) is 2.89. The first-order chi connectivity index (χ1) is 7.35. The molecule has 1 aromatic carbocycles. The fourth-order valence-electron chi connectivity index (χ4n) is 1.38. The van der Waals surface area contributed by atoms with Crippen LogP contribution in [0, 0.1) is 22.7 Å². The summed E-state index contributed by atoms with van der Waals surface area (Å²) in [6.07, 6.45) is 1.29. The van der Waals surface area contributed by atoms with E-state index in [1.165, 1.54) is 14.9 Å². The number of benzene rings is 1. The summed E-state index contributed by atoms with van der Waals surface area (Å²) in [5, 5.41) is 18.6. The molecule has 0 saturated carbocycles. The molecule has 0 unspecified atom stereocenters. The Morgan fingerprint density at radius 2 is 2.13 bits per heavy atom. The fourth-order valence-corrected chi connectivity index (χ4v) is 3.58. The zero-order valence-corrected chi connectivity index (χ0v) is 10.1. The van der Waals surface area contributed by atoms with Crippen LogP contribution in [0.3, 0.4) is 0 Å². The third-order valence-corrected chi connectivity index (χ3v) is 4.66. The molecule has 1 heterocycles. The standard InChI is InChI=1S/C12H6N2Te/c13-5-3-11(8-14)9-1-2-12-10(7-9)4-6-15-12/h1-4,6-7H/b11-3+.